The van der Waals surface area contributed by atoms with Crippen LogP contribution in [0.15, 0.2) is 41.8 Å². The molecule has 1 amide bonds. The van der Waals surface area contributed by atoms with Gasteiger partial charge in [-0.15, -0.1) is 11.3 Å². The van der Waals surface area contributed by atoms with Crippen molar-refractivity contribution in [2.24, 2.45) is 0 Å². The van der Waals surface area contributed by atoms with Crippen LogP contribution in [-0.2, 0) is 0 Å². The predicted octanol–water partition coefficient (Wildman–Crippen LogP) is 3.09. The molecule has 0 unspecified atom stereocenters. The van der Waals surface area contributed by atoms with E-state index in [1.54, 1.807) is 11.3 Å². The number of amides is 1. The van der Waals surface area contributed by atoms with Gasteiger partial charge in [-0.2, -0.15) is 0 Å². The molecule has 4 heteroatoms. The van der Waals surface area contributed by atoms with Crippen LogP contribution in [0.3, 0.4) is 0 Å². The van der Waals surface area contributed by atoms with E-state index in [9.17, 15) is 4.79 Å². The third kappa shape index (κ3) is 3.68. The Morgan fingerprint density at radius 3 is 2.70 bits per heavy atom. The molecule has 1 N–H and O–H groups in total. The number of benzene rings is 1. The zero-order valence-corrected chi connectivity index (χ0v) is 12.9. The van der Waals surface area contributed by atoms with Crippen molar-refractivity contribution in [2.75, 3.05) is 20.6 Å². The maximum Gasteiger partial charge on any atom is 0.251 e. The molecule has 0 aliphatic carbocycles. The van der Waals surface area contributed by atoms with Crippen LogP contribution in [0.5, 0.6) is 0 Å². The number of carbonyl (C=O) groups excluding carboxylic acids is 1. The predicted molar refractivity (Wildman–Crippen MR) is 84.3 cm³/mol. The highest BCUT2D eigenvalue weighted by molar-refractivity contribution is 7.10. The minimum absolute atomic E-state index is 0.0166. The lowest BCUT2D eigenvalue weighted by Crippen LogP contribution is -2.34. The van der Waals surface area contributed by atoms with Gasteiger partial charge >= 0.3 is 0 Å². The average molecular weight is 288 g/mol. The number of thiophene rings is 1. The van der Waals surface area contributed by atoms with E-state index >= 15 is 0 Å². The molecular weight excluding hydrogens is 268 g/mol. The van der Waals surface area contributed by atoms with Crippen LogP contribution in [0.25, 0.3) is 0 Å². The van der Waals surface area contributed by atoms with E-state index in [1.165, 1.54) is 4.88 Å². The molecule has 0 fully saturated rings. The van der Waals surface area contributed by atoms with Crippen molar-refractivity contribution in [1.29, 1.82) is 0 Å². The first kappa shape index (κ1) is 14.8. The Balaban J connectivity index is 2.01. The first-order valence-electron chi connectivity index (χ1n) is 6.62. The summed E-state index contributed by atoms with van der Waals surface area (Å²) in [6, 6.07) is 12.0. The lowest BCUT2D eigenvalue weighted by atomic mass is 10.1. The largest absolute Gasteiger partial charge is 0.350 e. The summed E-state index contributed by atoms with van der Waals surface area (Å²) in [6.07, 6.45) is 0. The summed E-state index contributed by atoms with van der Waals surface area (Å²) in [5.74, 6) is -0.0166. The molecular formula is C16H20N2OS. The zero-order chi connectivity index (χ0) is 14.5. The van der Waals surface area contributed by atoms with Gasteiger partial charge in [-0.3, -0.25) is 4.79 Å². The van der Waals surface area contributed by atoms with E-state index in [2.05, 4.69) is 21.7 Å². The summed E-state index contributed by atoms with van der Waals surface area (Å²) in [7, 11) is 4.06. The summed E-state index contributed by atoms with van der Waals surface area (Å²) in [6.45, 7) is 2.60. The second kappa shape index (κ2) is 6.68. The molecule has 0 spiro atoms. The summed E-state index contributed by atoms with van der Waals surface area (Å²) < 4.78 is 0. The minimum Gasteiger partial charge on any atom is -0.350 e. The Bertz CT molecular complexity index is 564. The highest BCUT2D eigenvalue weighted by Gasteiger charge is 2.16. The first-order valence-corrected chi connectivity index (χ1v) is 7.50. The molecule has 1 aromatic carbocycles. The molecule has 106 valence electrons. The first-order chi connectivity index (χ1) is 9.58. The topological polar surface area (TPSA) is 32.3 Å². The summed E-state index contributed by atoms with van der Waals surface area (Å²) in [5.41, 5.74) is 1.81. The SMILES string of the molecule is Cc1cccc(C(=O)NC[C@H](c2cccs2)N(C)C)c1. The normalized spacial score (nSPS) is 12.4. The molecule has 1 heterocycles. The Kier molecular flexibility index (Phi) is 4.93. The fraction of sp³-hybridized carbons (Fsp3) is 0.312. The van der Waals surface area contributed by atoms with E-state index in [4.69, 9.17) is 0 Å². The van der Waals surface area contributed by atoms with Crippen molar-refractivity contribution in [3.05, 3.63) is 57.8 Å². The van der Waals surface area contributed by atoms with E-state index in [-0.39, 0.29) is 11.9 Å². The van der Waals surface area contributed by atoms with Crippen LogP contribution in [0.1, 0.15) is 26.8 Å². The van der Waals surface area contributed by atoms with Gasteiger partial charge in [0.25, 0.3) is 5.91 Å². The van der Waals surface area contributed by atoms with Gasteiger partial charge in [0.05, 0.1) is 6.04 Å². The highest BCUT2D eigenvalue weighted by atomic mass is 32.1. The van der Waals surface area contributed by atoms with Crippen molar-refractivity contribution in [2.45, 2.75) is 13.0 Å². The lowest BCUT2D eigenvalue weighted by molar-refractivity contribution is 0.0942. The maximum absolute atomic E-state index is 12.2. The van der Waals surface area contributed by atoms with E-state index in [0.717, 1.165) is 5.56 Å². The van der Waals surface area contributed by atoms with Gasteiger partial charge < -0.3 is 10.2 Å². The summed E-state index contributed by atoms with van der Waals surface area (Å²) in [4.78, 5) is 15.6. The third-order valence-corrected chi connectivity index (χ3v) is 4.20. The molecule has 2 aromatic rings. The molecule has 0 saturated heterocycles. The smallest absolute Gasteiger partial charge is 0.251 e. The number of hydrogen-bond acceptors (Lipinski definition) is 3. The fourth-order valence-corrected chi connectivity index (χ4v) is 3.02. The Hall–Kier alpha value is -1.65. The number of nitrogens with zero attached hydrogens (tertiary/aromatic N) is 1. The molecule has 0 saturated carbocycles. The maximum atomic E-state index is 12.2. The van der Waals surface area contributed by atoms with Crippen LogP contribution in [0.4, 0.5) is 0 Å². The van der Waals surface area contributed by atoms with Gasteiger partial charge in [0.15, 0.2) is 0 Å². The van der Waals surface area contributed by atoms with E-state index < -0.39 is 0 Å². The van der Waals surface area contributed by atoms with Gasteiger partial charge in [-0.25, -0.2) is 0 Å². The van der Waals surface area contributed by atoms with Crippen LogP contribution >= 0.6 is 11.3 Å². The Labute approximate surface area is 124 Å². The van der Waals surface area contributed by atoms with Crippen LogP contribution < -0.4 is 5.32 Å². The Morgan fingerprint density at radius 2 is 2.10 bits per heavy atom. The quantitative estimate of drug-likeness (QED) is 0.917. The van der Waals surface area contributed by atoms with Crippen molar-refractivity contribution < 1.29 is 4.79 Å². The number of likely N-dealkylation sites (N-methyl/N-ethyl adjacent to an activating group) is 1. The monoisotopic (exact) mass is 288 g/mol. The van der Waals surface area contributed by atoms with E-state index in [1.807, 2.05) is 51.4 Å². The highest BCUT2D eigenvalue weighted by Crippen LogP contribution is 2.22. The van der Waals surface area contributed by atoms with Crippen molar-refractivity contribution in [3.63, 3.8) is 0 Å². The number of nitrogens with one attached hydrogen (secondary N) is 1. The summed E-state index contributed by atoms with van der Waals surface area (Å²) in [5, 5.41) is 5.09. The van der Waals surface area contributed by atoms with Crippen molar-refractivity contribution >= 4 is 17.2 Å². The van der Waals surface area contributed by atoms with Gasteiger partial charge in [0.2, 0.25) is 0 Å². The number of aryl methyl sites for hydroxylation is 1. The van der Waals surface area contributed by atoms with Crippen LogP contribution in [-0.4, -0.2) is 31.4 Å². The molecule has 0 bridgehead atoms. The van der Waals surface area contributed by atoms with Gasteiger partial charge in [0, 0.05) is 17.0 Å². The zero-order valence-electron chi connectivity index (χ0n) is 12.1. The van der Waals surface area contributed by atoms with Gasteiger partial charge in [-0.1, -0.05) is 23.8 Å². The molecule has 0 aliphatic heterocycles. The molecule has 2 rings (SSSR count). The molecule has 3 nitrogen and oxygen atoms in total. The average Bonchev–Trinajstić information content (AvgIpc) is 2.92. The van der Waals surface area contributed by atoms with Crippen molar-refractivity contribution in [3.8, 4) is 0 Å². The molecule has 0 aliphatic rings. The third-order valence-electron chi connectivity index (χ3n) is 3.23. The van der Waals surface area contributed by atoms with Crippen molar-refractivity contribution in [1.82, 2.24) is 10.2 Å². The fourth-order valence-electron chi connectivity index (χ4n) is 2.10. The van der Waals surface area contributed by atoms with Gasteiger partial charge in [-0.05, 0) is 44.6 Å². The minimum atomic E-state index is -0.0166. The van der Waals surface area contributed by atoms with Gasteiger partial charge in [0.1, 0.15) is 0 Å². The molecule has 0 radical (unpaired) electrons. The summed E-state index contributed by atoms with van der Waals surface area (Å²) >= 11 is 1.72. The number of carbonyl (C=O) groups is 1. The number of rotatable bonds is 5. The standard InChI is InChI=1S/C16H20N2OS/c1-12-6-4-7-13(10-12)16(19)17-11-14(18(2)3)15-8-5-9-20-15/h4-10,14H,11H2,1-3H3,(H,17,19)/t14-/m1/s1. The second-order valence-corrected chi connectivity index (χ2v) is 6.05. The lowest BCUT2D eigenvalue weighted by Gasteiger charge is -2.23. The van der Waals surface area contributed by atoms with Crippen LogP contribution in [0, 0.1) is 6.92 Å². The second-order valence-electron chi connectivity index (χ2n) is 5.07. The molecule has 1 aromatic heterocycles. The Morgan fingerprint density at radius 1 is 1.30 bits per heavy atom. The molecule has 20 heavy (non-hydrogen) atoms. The molecule has 1 atom stereocenters. The van der Waals surface area contributed by atoms with E-state index in [0.29, 0.717) is 12.1 Å². The van der Waals surface area contributed by atoms with Crippen LogP contribution in [0.2, 0.25) is 0 Å². The number of hydrogen-bond donors (Lipinski definition) is 1.